The summed E-state index contributed by atoms with van der Waals surface area (Å²) in [6.07, 6.45) is 0.202. The van der Waals surface area contributed by atoms with E-state index in [4.69, 9.17) is 4.74 Å². The van der Waals surface area contributed by atoms with E-state index in [1.165, 1.54) is 0 Å². The molecule has 0 heterocycles. The van der Waals surface area contributed by atoms with Crippen LogP contribution in [0.1, 0.15) is 35.3 Å². The van der Waals surface area contributed by atoms with Gasteiger partial charge in [0.2, 0.25) is 5.91 Å². The standard InChI is InChI=1S/C29H31N3O5/c1-20(2)26(32-29(36)37-19-22-9-5-3-6-10-22)28(35)31-25(18-33)17-21-13-15-24(16-14-21)30-27(34)23-11-7-4-8-12-23/h3-16,18,20,25-26H,17,19H2,1-2H3,(H,30,34)(H,31,35)(H,32,36)/t25-,26-/m0/s1. The molecule has 192 valence electrons. The van der Waals surface area contributed by atoms with Crippen molar-refractivity contribution >= 4 is 29.9 Å². The molecule has 3 aromatic carbocycles. The molecule has 0 aliphatic heterocycles. The first-order chi connectivity index (χ1) is 17.9. The smallest absolute Gasteiger partial charge is 0.408 e. The number of anilines is 1. The van der Waals surface area contributed by atoms with E-state index in [0.29, 0.717) is 17.5 Å². The van der Waals surface area contributed by atoms with Crippen molar-refractivity contribution in [3.63, 3.8) is 0 Å². The van der Waals surface area contributed by atoms with Crippen LogP contribution < -0.4 is 16.0 Å². The Morgan fingerprint density at radius 3 is 2.03 bits per heavy atom. The van der Waals surface area contributed by atoms with E-state index in [0.717, 1.165) is 11.1 Å². The summed E-state index contributed by atoms with van der Waals surface area (Å²) < 4.78 is 5.22. The Labute approximate surface area is 216 Å². The summed E-state index contributed by atoms with van der Waals surface area (Å²) in [6.45, 7) is 3.66. The second-order valence-electron chi connectivity index (χ2n) is 8.90. The number of nitrogens with one attached hydrogen (secondary N) is 3. The van der Waals surface area contributed by atoms with Gasteiger partial charge in [-0.05, 0) is 47.7 Å². The fraction of sp³-hybridized carbons (Fsp3) is 0.241. The zero-order chi connectivity index (χ0) is 26.6. The van der Waals surface area contributed by atoms with Gasteiger partial charge in [-0.25, -0.2) is 4.79 Å². The lowest BCUT2D eigenvalue weighted by Crippen LogP contribution is -2.52. The molecular weight excluding hydrogens is 470 g/mol. The first-order valence-electron chi connectivity index (χ1n) is 12.0. The average molecular weight is 502 g/mol. The number of aldehydes is 1. The van der Waals surface area contributed by atoms with Crippen LogP contribution in [-0.4, -0.2) is 36.3 Å². The number of carbonyl (C=O) groups excluding carboxylic acids is 4. The summed E-state index contributed by atoms with van der Waals surface area (Å²) in [5, 5.41) is 8.11. The molecule has 0 aliphatic carbocycles. The molecule has 0 unspecified atom stereocenters. The monoisotopic (exact) mass is 501 g/mol. The highest BCUT2D eigenvalue weighted by molar-refractivity contribution is 6.04. The van der Waals surface area contributed by atoms with Gasteiger partial charge in [-0.1, -0.05) is 74.5 Å². The van der Waals surface area contributed by atoms with Crippen molar-refractivity contribution in [2.45, 2.75) is 39.0 Å². The van der Waals surface area contributed by atoms with Gasteiger partial charge in [0.1, 0.15) is 18.9 Å². The van der Waals surface area contributed by atoms with Gasteiger partial charge in [-0.2, -0.15) is 0 Å². The molecule has 3 amide bonds. The van der Waals surface area contributed by atoms with Crippen molar-refractivity contribution in [2.24, 2.45) is 5.92 Å². The summed E-state index contributed by atoms with van der Waals surface area (Å²) >= 11 is 0. The van der Waals surface area contributed by atoms with Crippen LogP contribution >= 0.6 is 0 Å². The third kappa shape index (κ3) is 8.61. The molecule has 8 nitrogen and oxygen atoms in total. The van der Waals surface area contributed by atoms with E-state index >= 15 is 0 Å². The highest BCUT2D eigenvalue weighted by atomic mass is 16.5. The molecular formula is C29H31N3O5. The lowest BCUT2D eigenvalue weighted by molar-refractivity contribution is -0.126. The molecule has 0 saturated carbocycles. The Bertz CT molecular complexity index is 1180. The van der Waals surface area contributed by atoms with Crippen molar-refractivity contribution in [1.29, 1.82) is 0 Å². The van der Waals surface area contributed by atoms with Crippen LogP contribution in [0.5, 0.6) is 0 Å². The van der Waals surface area contributed by atoms with Gasteiger partial charge in [-0.15, -0.1) is 0 Å². The Morgan fingerprint density at radius 2 is 1.43 bits per heavy atom. The SMILES string of the molecule is CC(C)[C@H](NC(=O)OCc1ccccc1)C(=O)N[C@H](C=O)Cc1ccc(NC(=O)c2ccccc2)cc1. The number of hydrogen-bond donors (Lipinski definition) is 3. The van der Waals surface area contributed by atoms with Crippen molar-refractivity contribution < 1.29 is 23.9 Å². The number of rotatable bonds is 11. The molecule has 2 atom stereocenters. The molecule has 0 saturated heterocycles. The van der Waals surface area contributed by atoms with Crippen LogP contribution in [0.2, 0.25) is 0 Å². The molecule has 8 heteroatoms. The van der Waals surface area contributed by atoms with E-state index in [9.17, 15) is 19.2 Å². The van der Waals surface area contributed by atoms with Crippen molar-refractivity contribution in [1.82, 2.24) is 10.6 Å². The lowest BCUT2D eigenvalue weighted by atomic mass is 10.0. The van der Waals surface area contributed by atoms with E-state index in [-0.39, 0.29) is 24.9 Å². The minimum atomic E-state index is -0.874. The van der Waals surface area contributed by atoms with Gasteiger partial charge < -0.3 is 25.5 Å². The molecule has 3 rings (SSSR count). The summed E-state index contributed by atoms with van der Waals surface area (Å²) in [5.41, 5.74) is 2.79. The topological polar surface area (TPSA) is 114 Å². The Morgan fingerprint density at radius 1 is 0.811 bits per heavy atom. The number of hydrogen-bond acceptors (Lipinski definition) is 5. The largest absolute Gasteiger partial charge is 0.445 e. The minimum Gasteiger partial charge on any atom is -0.445 e. The number of alkyl carbamates (subject to hydrolysis) is 1. The molecule has 0 radical (unpaired) electrons. The number of carbonyl (C=O) groups is 4. The number of ether oxygens (including phenoxy) is 1. The summed E-state index contributed by atoms with van der Waals surface area (Å²) in [7, 11) is 0. The fourth-order valence-electron chi connectivity index (χ4n) is 3.60. The third-order valence-corrected chi connectivity index (χ3v) is 5.63. The van der Waals surface area contributed by atoms with Gasteiger partial charge >= 0.3 is 6.09 Å². The summed E-state index contributed by atoms with van der Waals surface area (Å²) in [6, 6.07) is 23.5. The van der Waals surface area contributed by atoms with Gasteiger partial charge in [-0.3, -0.25) is 9.59 Å². The predicted molar refractivity (Wildman–Crippen MR) is 141 cm³/mol. The van der Waals surface area contributed by atoms with Crippen molar-refractivity contribution in [3.05, 3.63) is 102 Å². The molecule has 0 aliphatic rings. The van der Waals surface area contributed by atoms with Crippen LogP contribution in [0.25, 0.3) is 0 Å². The Balaban J connectivity index is 1.53. The van der Waals surface area contributed by atoms with Gasteiger partial charge in [0.25, 0.3) is 5.91 Å². The first-order valence-corrected chi connectivity index (χ1v) is 12.0. The highest BCUT2D eigenvalue weighted by Crippen LogP contribution is 2.13. The second-order valence-corrected chi connectivity index (χ2v) is 8.90. The van der Waals surface area contributed by atoms with E-state index in [2.05, 4.69) is 16.0 Å². The highest BCUT2D eigenvalue weighted by Gasteiger charge is 2.26. The Hall–Kier alpha value is -4.46. The minimum absolute atomic E-state index is 0.0812. The quantitative estimate of drug-likeness (QED) is 0.342. The van der Waals surface area contributed by atoms with Gasteiger partial charge in [0.05, 0.1) is 6.04 Å². The molecule has 0 spiro atoms. The third-order valence-electron chi connectivity index (χ3n) is 5.63. The van der Waals surface area contributed by atoms with Gasteiger partial charge in [0.15, 0.2) is 0 Å². The van der Waals surface area contributed by atoms with Crippen molar-refractivity contribution in [3.8, 4) is 0 Å². The molecule has 37 heavy (non-hydrogen) atoms. The average Bonchev–Trinajstić information content (AvgIpc) is 2.92. The van der Waals surface area contributed by atoms with Crippen LogP contribution in [0, 0.1) is 5.92 Å². The Kier molecular flexibility index (Phi) is 9.96. The fourth-order valence-corrected chi connectivity index (χ4v) is 3.60. The van der Waals surface area contributed by atoms with E-state index < -0.39 is 24.1 Å². The molecule has 0 fully saturated rings. The maximum absolute atomic E-state index is 12.9. The summed E-state index contributed by atoms with van der Waals surface area (Å²) in [4.78, 5) is 49.2. The zero-order valence-corrected chi connectivity index (χ0v) is 20.8. The predicted octanol–water partition coefficient (Wildman–Crippen LogP) is 4.12. The molecule has 0 bridgehead atoms. The lowest BCUT2D eigenvalue weighted by Gasteiger charge is -2.23. The normalized spacial score (nSPS) is 12.2. The van der Waals surface area contributed by atoms with E-state index in [1.54, 1.807) is 62.4 Å². The summed E-state index contributed by atoms with van der Waals surface area (Å²) in [5.74, 6) is -0.930. The second kappa shape index (κ2) is 13.6. The molecule has 3 N–H and O–H groups in total. The maximum Gasteiger partial charge on any atom is 0.408 e. The van der Waals surface area contributed by atoms with E-state index in [1.807, 2.05) is 36.4 Å². The maximum atomic E-state index is 12.9. The van der Waals surface area contributed by atoms with Crippen LogP contribution in [0.15, 0.2) is 84.9 Å². The molecule has 3 aromatic rings. The number of amides is 3. The van der Waals surface area contributed by atoms with Crippen LogP contribution in [0.3, 0.4) is 0 Å². The van der Waals surface area contributed by atoms with Crippen LogP contribution in [-0.2, 0) is 27.4 Å². The van der Waals surface area contributed by atoms with Crippen LogP contribution in [0.4, 0.5) is 10.5 Å². The van der Waals surface area contributed by atoms with Crippen molar-refractivity contribution in [2.75, 3.05) is 5.32 Å². The van der Waals surface area contributed by atoms with Gasteiger partial charge in [0, 0.05) is 11.3 Å². The zero-order valence-electron chi connectivity index (χ0n) is 20.8. The first kappa shape index (κ1) is 27.1. The molecule has 0 aromatic heterocycles. The number of benzene rings is 3.